The van der Waals surface area contributed by atoms with Gasteiger partial charge in [-0.1, -0.05) is 44.5 Å². The number of terminal acetylenes is 1. The van der Waals surface area contributed by atoms with Gasteiger partial charge in [0.2, 0.25) is 0 Å². The van der Waals surface area contributed by atoms with Gasteiger partial charge < -0.3 is 43.5 Å². The molecular formula is C43H38O13. The van der Waals surface area contributed by atoms with Crippen LogP contribution in [0.25, 0.3) is 0 Å². The van der Waals surface area contributed by atoms with Gasteiger partial charge in [0.15, 0.2) is 5.75 Å². The predicted molar refractivity (Wildman–Crippen MR) is 202 cm³/mol. The van der Waals surface area contributed by atoms with E-state index in [1.807, 2.05) is 50.3 Å². The lowest BCUT2D eigenvalue weighted by Crippen LogP contribution is -2.28. The summed E-state index contributed by atoms with van der Waals surface area (Å²) in [6, 6.07) is 30.8. The van der Waals surface area contributed by atoms with Gasteiger partial charge in [0.05, 0.1) is 29.9 Å². The summed E-state index contributed by atoms with van der Waals surface area (Å²) in [6.07, 6.45) is 7.04. The van der Waals surface area contributed by atoms with Crippen LogP contribution >= 0.6 is 0 Å². The molecule has 13 nitrogen and oxygen atoms in total. The molecule has 0 fully saturated rings. The van der Waals surface area contributed by atoms with Gasteiger partial charge in [-0.15, -0.1) is 0 Å². The van der Waals surface area contributed by atoms with Crippen LogP contribution in [0.15, 0.2) is 115 Å². The van der Waals surface area contributed by atoms with Crippen molar-refractivity contribution in [3.8, 4) is 52.8 Å². The predicted octanol–water partition coefficient (Wildman–Crippen LogP) is 7.72. The highest BCUT2D eigenvalue weighted by Crippen LogP contribution is 2.26. The number of benzene rings is 5. The van der Waals surface area contributed by atoms with E-state index < -0.39 is 23.3 Å². The summed E-state index contributed by atoms with van der Waals surface area (Å²) in [4.78, 5) is 47.0. The first-order valence-electron chi connectivity index (χ1n) is 17.1. The molecule has 13 heteroatoms. The fourth-order valence-corrected chi connectivity index (χ4v) is 4.93. The topological polar surface area (TPSA) is 166 Å². The van der Waals surface area contributed by atoms with Crippen LogP contribution in [0.4, 0.5) is 0 Å². The Morgan fingerprint density at radius 3 is 1.71 bits per heavy atom. The zero-order valence-electron chi connectivity index (χ0n) is 30.5. The van der Waals surface area contributed by atoms with Crippen molar-refractivity contribution in [2.45, 2.75) is 20.5 Å². The molecule has 56 heavy (non-hydrogen) atoms. The Bertz CT molecular complexity index is 2140. The molecule has 0 saturated heterocycles. The van der Waals surface area contributed by atoms with Crippen LogP contribution in [0.5, 0.6) is 40.2 Å². The maximum absolute atomic E-state index is 12.7. The van der Waals surface area contributed by atoms with Crippen LogP contribution in [-0.2, 0) is 11.5 Å². The average molecular weight is 763 g/mol. The van der Waals surface area contributed by atoms with Crippen LogP contribution in [0.3, 0.4) is 0 Å². The monoisotopic (exact) mass is 762 g/mol. The van der Waals surface area contributed by atoms with E-state index in [0.717, 1.165) is 6.07 Å². The number of hydrogen-bond acceptors (Lipinski definition) is 11. The molecule has 0 saturated carbocycles. The summed E-state index contributed by atoms with van der Waals surface area (Å²) in [7, 11) is 0. The molecule has 288 valence electrons. The molecule has 0 atom stereocenters. The minimum Gasteiger partial charge on any atom is -0.493 e. The highest BCUT2D eigenvalue weighted by Gasteiger charge is 2.22. The molecule has 0 heterocycles. The summed E-state index contributed by atoms with van der Waals surface area (Å²) < 4.78 is 33.4. The fourth-order valence-electron chi connectivity index (χ4n) is 4.93. The minimum atomic E-state index is -1.34. The molecule has 0 aromatic heterocycles. The van der Waals surface area contributed by atoms with E-state index in [4.69, 9.17) is 44.6 Å². The van der Waals surface area contributed by atoms with Crippen molar-refractivity contribution in [1.82, 2.24) is 0 Å². The quantitative estimate of drug-likeness (QED) is 0.0198. The van der Waals surface area contributed by atoms with E-state index in [2.05, 4.69) is 0 Å². The van der Waals surface area contributed by atoms with Crippen LogP contribution in [0.2, 0.25) is 0 Å². The van der Waals surface area contributed by atoms with Gasteiger partial charge >= 0.3 is 17.9 Å². The first-order valence-corrected chi connectivity index (χ1v) is 17.1. The largest absolute Gasteiger partial charge is 0.493 e. The number of carbonyl (C=O) groups excluding carboxylic acids is 1. The molecule has 0 bridgehead atoms. The van der Waals surface area contributed by atoms with Gasteiger partial charge in [-0.3, -0.25) is 0 Å². The Morgan fingerprint density at radius 1 is 0.589 bits per heavy atom. The number of carboxylic acids is 2. The second kappa shape index (κ2) is 19.2. The molecule has 0 spiro atoms. The smallest absolute Gasteiger partial charge is 0.344 e. The van der Waals surface area contributed by atoms with E-state index in [1.165, 1.54) is 30.3 Å². The van der Waals surface area contributed by atoms with Gasteiger partial charge in [-0.25, -0.2) is 14.4 Å². The number of rotatable bonds is 20. The summed E-state index contributed by atoms with van der Waals surface area (Å²) in [5.41, 5.74) is -0.464. The zero-order chi connectivity index (χ0) is 39.9. The molecule has 5 rings (SSSR count). The third-order valence-corrected chi connectivity index (χ3v) is 7.78. The lowest BCUT2D eigenvalue weighted by Gasteiger charge is -2.25. The van der Waals surface area contributed by atoms with Gasteiger partial charge in [-0.2, -0.15) is 4.89 Å². The highest BCUT2D eigenvalue weighted by atomic mass is 17.2. The van der Waals surface area contributed by atoms with Crippen LogP contribution in [-0.4, -0.2) is 54.5 Å². The Hall–Kier alpha value is -7.17. The molecule has 0 aliphatic rings. The van der Waals surface area contributed by atoms with Gasteiger partial charge in [0.25, 0.3) is 0 Å². The van der Waals surface area contributed by atoms with Gasteiger partial charge in [0, 0.05) is 5.41 Å². The lowest BCUT2D eigenvalue weighted by molar-refractivity contribution is -0.217. The van der Waals surface area contributed by atoms with Gasteiger partial charge in [0.1, 0.15) is 60.4 Å². The van der Waals surface area contributed by atoms with E-state index in [9.17, 15) is 24.6 Å². The Morgan fingerprint density at radius 2 is 1.11 bits per heavy atom. The molecule has 0 aliphatic heterocycles. The molecule has 5 aromatic rings. The highest BCUT2D eigenvalue weighted by molar-refractivity contribution is 6.03. The zero-order valence-corrected chi connectivity index (χ0v) is 30.5. The minimum absolute atomic E-state index is 0.0251. The van der Waals surface area contributed by atoms with E-state index in [1.54, 1.807) is 48.5 Å². The maximum atomic E-state index is 12.7. The lowest BCUT2D eigenvalue weighted by atomic mass is 9.96. The van der Waals surface area contributed by atoms with Crippen LogP contribution in [0.1, 0.15) is 50.5 Å². The SMILES string of the molecule is C#COc1ccc(C(=O)Oc2ccc(OCC(C)(C)COc3ccc(OOCc4ccc(OCCOc5ccccc5)cc4C(=O)O)cc3)cc2)c(C(=O)O)c1. The summed E-state index contributed by atoms with van der Waals surface area (Å²) in [5, 5.41) is 19.2. The number of hydrogen-bond donors (Lipinski definition) is 2. The Balaban J connectivity index is 1.03. The number of aromatic carboxylic acids is 2. The number of ether oxygens (including phenoxy) is 6. The number of carbonyl (C=O) groups is 3. The first-order chi connectivity index (χ1) is 27.0. The Labute approximate surface area is 322 Å². The van der Waals surface area contributed by atoms with Crippen LogP contribution in [0, 0.1) is 17.9 Å². The van der Waals surface area contributed by atoms with E-state index >= 15 is 0 Å². The molecule has 0 radical (unpaired) electrons. The summed E-state index contributed by atoms with van der Waals surface area (Å²) >= 11 is 0. The molecule has 0 aliphatic carbocycles. The molecule has 0 amide bonds. The average Bonchev–Trinajstić information content (AvgIpc) is 3.19. The third kappa shape index (κ3) is 11.9. The second-order valence-electron chi connectivity index (χ2n) is 12.8. The summed E-state index contributed by atoms with van der Waals surface area (Å²) in [5.74, 6) is -0.442. The Kier molecular flexibility index (Phi) is 13.8. The molecule has 2 N–H and O–H groups in total. The molecule has 5 aromatic carbocycles. The van der Waals surface area contributed by atoms with Crippen molar-refractivity contribution in [3.05, 3.63) is 138 Å². The number of para-hydroxylation sites is 1. The van der Waals surface area contributed by atoms with Crippen molar-refractivity contribution >= 4 is 17.9 Å². The molecule has 0 unspecified atom stereocenters. The van der Waals surface area contributed by atoms with Crippen molar-refractivity contribution < 1.29 is 62.8 Å². The standard InChI is InChI=1S/C43H38O13/c1-4-49-35-20-21-37(39(25-35)41(46)47)42(48)55-33-16-12-31(13-17-33)52-27-43(2,3)28-53-32-14-18-34(19-15-32)56-54-26-29-10-11-36(24-38(29)40(44)45)51-23-22-50-30-8-6-5-7-9-30/h1,5-21,24-25H,22-23,26-28H2,2-3H3,(H,44,45)(H,46,47). The van der Waals surface area contributed by atoms with Crippen molar-refractivity contribution in [2.75, 3.05) is 26.4 Å². The number of esters is 1. The fraction of sp³-hybridized carbons (Fsp3) is 0.186. The maximum Gasteiger partial charge on any atom is 0.344 e. The van der Waals surface area contributed by atoms with Gasteiger partial charge in [-0.05, 0) is 96.6 Å². The normalized spacial score (nSPS) is 10.7. The molecular weight excluding hydrogens is 724 g/mol. The number of carboxylic acid groups (broad SMARTS) is 2. The van der Waals surface area contributed by atoms with Crippen molar-refractivity contribution in [3.63, 3.8) is 0 Å². The summed E-state index contributed by atoms with van der Waals surface area (Å²) in [6.45, 7) is 4.96. The van der Waals surface area contributed by atoms with Crippen molar-refractivity contribution in [1.29, 1.82) is 0 Å². The van der Waals surface area contributed by atoms with Crippen LogP contribution < -0.4 is 33.3 Å². The van der Waals surface area contributed by atoms with Crippen molar-refractivity contribution in [2.24, 2.45) is 5.41 Å². The third-order valence-electron chi connectivity index (χ3n) is 7.78. The van der Waals surface area contributed by atoms with E-state index in [0.29, 0.717) is 54.1 Å². The second-order valence-corrected chi connectivity index (χ2v) is 12.8. The first kappa shape index (κ1) is 40.0. The van der Waals surface area contributed by atoms with E-state index in [-0.39, 0.29) is 41.4 Å².